The van der Waals surface area contributed by atoms with Crippen molar-refractivity contribution in [2.24, 2.45) is 0 Å². The summed E-state index contributed by atoms with van der Waals surface area (Å²) in [5.41, 5.74) is 4.85. The predicted octanol–water partition coefficient (Wildman–Crippen LogP) is 6.53. The number of aromatic carboxylic acids is 1. The molecule has 4 rings (SSSR count). The Morgan fingerprint density at radius 3 is 2.38 bits per heavy atom. The molecular formula is C29H27BrN2O5. The van der Waals surface area contributed by atoms with E-state index in [-0.39, 0.29) is 18.4 Å². The van der Waals surface area contributed by atoms with Gasteiger partial charge < -0.3 is 14.9 Å². The Bertz CT molecular complexity index is 1400. The number of nitrogens with zero attached hydrogens (tertiary/aromatic N) is 2. The molecule has 190 valence electrons. The van der Waals surface area contributed by atoms with Gasteiger partial charge in [0.15, 0.2) is 0 Å². The minimum Gasteiger partial charge on any atom is -0.493 e. The van der Waals surface area contributed by atoms with Crippen molar-refractivity contribution in [1.29, 1.82) is 0 Å². The topological polar surface area (TPSA) is 102 Å². The quantitative estimate of drug-likeness (QED) is 0.215. The summed E-state index contributed by atoms with van der Waals surface area (Å²) in [6.07, 6.45) is 0.917. The zero-order valence-electron chi connectivity index (χ0n) is 20.4. The average molecular weight is 563 g/mol. The molecule has 0 atom stereocenters. The Balaban J connectivity index is 1.96. The fourth-order valence-corrected chi connectivity index (χ4v) is 4.43. The first kappa shape index (κ1) is 26.2. The highest BCUT2D eigenvalue weighted by Gasteiger charge is 2.24. The lowest BCUT2D eigenvalue weighted by atomic mass is 9.97. The van der Waals surface area contributed by atoms with Crippen LogP contribution in [0.25, 0.3) is 22.5 Å². The first-order chi connectivity index (χ1) is 17.9. The fraction of sp³-hybridized carbons (Fsp3) is 0.207. The highest BCUT2D eigenvalue weighted by atomic mass is 79.9. The second-order valence-electron chi connectivity index (χ2n) is 8.58. The normalized spacial score (nSPS) is 10.9. The Morgan fingerprint density at radius 1 is 1.00 bits per heavy atom. The molecule has 0 amide bonds. The molecule has 7 nitrogen and oxygen atoms in total. The van der Waals surface area contributed by atoms with Gasteiger partial charge >= 0.3 is 11.9 Å². The van der Waals surface area contributed by atoms with E-state index in [1.165, 1.54) is 12.1 Å². The largest absolute Gasteiger partial charge is 0.493 e. The Hall–Kier alpha value is -3.91. The van der Waals surface area contributed by atoms with Crippen molar-refractivity contribution in [1.82, 2.24) is 9.78 Å². The van der Waals surface area contributed by atoms with Crippen molar-refractivity contribution < 1.29 is 24.5 Å². The van der Waals surface area contributed by atoms with Crippen LogP contribution in [0.5, 0.6) is 5.75 Å². The molecule has 0 saturated carbocycles. The highest BCUT2D eigenvalue weighted by molar-refractivity contribution is 9.10. The highest BCUT2D eigenvalue weighted by Crippen LogP contribution is 2.39. The number of halogens is 1. The van der Waals surface area contributed by atoms with Gasteiger partial charge in [0, 0.05) is 27.6 Å². The number of hydrogen-bond acceptors (Lipinski definition) is 4. The SMILES string of the molecule is CCCOc1cc(C(=O)O)ccc1-c1nn(Cc2ccccc2)c(-c2ccc(Br)cc2)c1CCC(=O)O. The minimum atomic E-state index is -1.05. The van der Waals surface area contributed by atoms with Crippen LogP contribution in [0.2, 0.25) is 0 Å². The Kier molecular flexibility index (Phi) is 8.40. The number of aromatic nitrogens is 2. The van der Waals surface area contributed by atoms with E-state index in [9.17, 15) is 19.8 Å². The summed E-state index contributed by atoms with van der Waals surface area (Å²) in [7, 11) is 0. The summed E-state index contributed by atoms with van der Waals surface area (Å²) >= 11 is 3.49. The molecular weight excluding hydrogens is 536 g/mol. The lowest BCUT2D eigenvalue weighted by molar-refractivity contribution is -0.136. The van der Waals surface area contributed by atoms with E-state index in [0.717, 1.165) is 33.3 Å². The van der Waals surface area contributed by atoms with Crippen LogP contribution in [-0.2, 0) is 17.8 Å². The summed E-state index contributed by atoms with van der Waals surface area (Å²) in [5, 5.41) is 24.0. The number of carbonyl (C=O) groups is 2. The van der Waals surface area contributed by atoms with E-state index in [1.54, 1.807) is 6.07 Å². The molecule has 4 aromatic rings. The zero-order valence-corrected chi connectivity index (χ0v) is 21.9. The maximum atomic E-state index is 11.6. The molecule has 0 aliphatic rings. The number of carboxylic acid groups (broad SMARTS) is 2. The van der Waals surface area contributed by atoms with Gasteiger partial charge in [0.05, 0.1) is 30.1 Å². The van der Waals surface area contributed by atoms with Crippen LogP contribution in [0.15, 0.2) is 77.3 Å². The lowest BCUT2D eigenvalue weighted by Crippen LogP contribution is -2.05. The molecule has 0 fully saturated rings. The third-order valence-corrected chi connectivity index (χ3v) is 6.41. The van der Waals surface area contributed by atoms with Crippen LogP contribution >= 0.6 is 15.9 Å². The van der Waals surface area contributed by atoms with Crippen molar-refractivity contribution in [3.05, 3.63) is 94.0 Å². The smallest absolute Gasteiger partial charge is 0.335 e. The minimum absolute atomic E-state index is 0.0775. The van der Waals surface area contributed by atoms with Gasteiger partial charge in [-0.05, 0) is 48.7 Å². The van der Waals surface area contributed by atoms with Crippen molar-refractivity contribution >= 4 is 27.9 Å². The van der Waals surface area contributed by atoms with E-state index in [1.807, 2.05) is 66.2 Å². The van der Waals surface area contributed by atoms with E-state index in [0.29, 0.717) is 30.2 Å². The van der Waals surface area contributed by atoms with E-state index in [2.05, 4.69) is 15.9 Å². The van der Waals surface area contributed by atoms with Crippen molar-refractivity contribution in [3.63, 3.8) is 0 Å². The van der Waals surface area contributed by atoms with E-state index < -0.39 is 11.9 Å². The van der Waals surface area contributed by atoms with Gasteiger partial charge in [-0.1, -0.05) is 65.3 Å². The van der Waals surface area contributed by atoms with Crippen molar-refractivity contribution in [3.8, 4) is 28.3 Å². The molecule has 0 aliphatic heterocycles. The standard InChI is InChI=1S/C29H27BrN2O5/c1-2-16-37-25-17-21(29(35)36)10-13-23(25)27-24(14-15-26(33)34)28(20-8-11-22(30)12-9-20)32(31-27)18-19-6-4-3-5-7-19/h3-13,17H,2,14-16,18H2,1H3,(H,33,34)(H,35,36). The second-order valence-corrected chi connectivity index (χ2v) is 9.50. The maximum absolute atomic E-state index is 11.6. The molecule has 0 saturated heterocycles. The number of ether oxygens (including phenoxy) is 1. The number of aliphatic carboxylic acids is 1. The molecule has 3 aromatic carbocycles. The van der Waals surface area contributed by atoms with E-state index in [4.69, 9.17) is 9.84 Å². The zero-order chi connectivity index (χ0) is 26.4. The van der Waals surface area contributed by atoms with Gasteiger partial charge in [-0.3, -0.25) is 9.48 Å². The maximum Gasteiger partial charge on any atom is 0.335 e. The van der Waals surface area contributed by atoms with Crippen molar-refractivity contribution in [2.75, 3.05) is 6.61 Å². The molecule has 1 aromatic heterocycles. The van der Waals surface area contributed by atoms with Gasteiger partial charge in [0.1, 0.15) is 5.75 Å². The number of benzene rings is 3. The molecule has 37 heavy (non-hydrogen) atoms. The van der Waals surface area contributed by atoms with Crippen LogP contribution in [0, 0.1) is 0 Å². The second kappa shape index (κ2) is 11.9. The molecule has 2 N–H and O–H groups in total. The molecule has 0 unspecified atom stereocenters. The van der Waals surface area contributed by atoms with Crippen LogP contribution in [0.3, 0.4) is 0 Å². The molecule has 0 aliphatic carbocycles. The van der Waals surface area contributed by atoms with Crippen LogP contribution in [-0.4, -0.2) is 38.5 Å². The summed E-state index contributed by atoms with van der Waals surface area (Å²) in [5.74, 6) is -1.55. The van der Waals surface area contributed by atoms with Crippen LogP contribution in [0.1, 0.15) is 41.3 Å². The number of rotatable bonds is 11. The van der Waals surface area contributed by atoms with Gasteiger partial charge in [0.25, 0.3) is 0 Å². The predicted molar refractivity (Wildman–Crippen MR) is 145 cm³/mol. The number of carboxylic acids is 2. The third kappa shape index (κ3) is 6.27. The lowest BCUT2D eigenvalue weighted by Gasteiger charge is -2.12. The molecule has 0 spiro atoms. The first-order valence-electron chi connectivity index (χ1n) is 12.0. The van der Waals surface area contributed by atoms with Crippen LogP contribution < -0.4 is 4.74 Å². The molecule has 0 bridgehead atoms. The van der Waals surface area contributed by atoms with E-state index >= 15 is 0 Å². The summed E-state index contributed by atoms with van der Waals surface area (Å²) in [4.78, 5) is 23.3. The van der Waals surface area contributed by atoms with Gasteiger partial charge in [-0.15, -0.1) is 0 Å². The molecule has 8 heteroatoms. The summed E-state index contributed by atoms with van der Waals surface area (Å²) < 4.78 is 8.78. The summed E-state index contributed by atoms with van der Waals surface area (Å²) in [6.45, 7) is 2.86. The molecule has 0 radical (unpaired) electrons. The summed E-state index contributed by atoms with van der Waals surface area (Å²) in [6, 6.07) is 22.4. The van der Waals surface area contributed by atoms with Gasteiger partial charge in [-0.25, -0.2) is 4.79 Å². The van der Waals surface area contributed by atoms with Crippen molar-refractivity contribution in [2.45, 2.75) is 32.7 Å². The third-order valence-electron chi connectivity index (χ3n) is 5.88. The first-order valence-corrected chi connectivity index (χ1v) is 12.8. The Labute approximate surface area is 223 Å². The van der Waals surface area contributed by atoms with Gasteiger partial charge in [0.2, 0.25) is 0 Å². The fourth-order valence-electron chi connectivity index (χ4n) is 4.17. The Morgan fingerprint density at radius 2 is 1.73 bits per heavy atom. The molecule has 1 heterocycles. The van der Waals surface area contributed by atoms with Crippen LogP contribution in [0.4, 0.5) is 0 Å². The monoisotopic (exact) mass is 562 g/mol. The number of hydrogen-bond donors (Lipinski definition) is 2. The van der Waals surface area contributed by atoms with Gasteiger partial charge in [-0.2, -0.15) is 5.10 Å². The average Bonchev–Trinajstić information content (AvgIpc) is 3.24.